The van der Waals surface area contributed by atoms with E-state index in [2.05, 4.69) is 19.2 Å². The lowest BCUT2D eigenvalue weighted by Gasteiger charge is -2.11. The molecule has 0 aliphatic rings. The number of ether oxygens (including phenoxy) is 1. The van der Waals surface area contributed by atoms with Crippen molar-refractivity contribution in [3.63, 3.8) is 0 Å². The molecule has 0 unspecified atom stereocenters. The number of halogens is 3. The molecule has 5 heteroatoms. The molecule has 0 spiro atoms. The van der Waals surface area contributed by atoms with Crippen molar-refractivity contribution in [2.45, 2.75) is 27.3 Å². The van der Waals surface area contributed by atoms with Gasteiger partial charge < -0.3 is 10.1 Å². The quantitative estimate of drug-likeness (QED) is 0.831. The highest BCUT2D eigenvalue weighted by atomic mass is 35.5. The molecule has 0 amide bonds. The van der Waals surface area contributed by atoms with Crippen LogP contribution in [0.25, 0.3) is 0 Å². The fraction of sp³-hybridized carbons (Fsp3) is 0.538. The zero-order chi connectivity index (χ0) is 12.8. The van der Waals surface area contributed by atoms with Crippen molar-refractivity contribution in [3.8, 4) is 5.75 Å². The van der Waals surface area contributed by atoms with Gasteiger partial charge in [0.25, 0.3) is 0 Å². The molecule has 1 aromatic carbocycles. The van der Waals surface area contributed by atoms with E-state index in [4.69, 9.17) is 27.9 Å². The summed E-state index contributed by atoms with van der Waals surface area (Å²) in [6, 6.07) is 3.79. The van der Waals surface area contributed by atoms with Gasteiger partial charge in [0.15, 0.2) is 5.75 Å². The molecule has 2 nitrogen and oxygen atoms in total. The second kappa shape index (κ2) is 8.87. The summed E-state index contributed by atoms with van der Waals surface area (Å²) in [4.78, 5) is 0. The van der Waals surface area contributed by atoms with Gasteiger partial charge in [-0.15, -0.1) is 12.4 Å². The molecule has 0 aliphatic carbocycles. The van der Waals surface area contributed by atoms with Gasteiger partial charge in [-0.3, -0.25) is 0 Å². The number of rotatable bonds is 6. The SMILES string of the molecule is CCOc1c(Cl)cc(CNCC(C)C)cc1Cl.Cl. The molecule has 0 fully saturated rings. The van der Waals surface area contributed by atoms with Crippen LogP contribution in [0.4, 0.5) is 0 Å². The van der Waals surface area contributed by atoms with Crippen LogP contribution in [0.2, 0.25) is 10.0 Å². The zero-order valence-corrected chi connectivity index (χ0v) is 13.3. The fourth-order valence-corrected chi connectivity index (χ4v) is 2.14. The first kappa shape index (κ1) is 17.8. The molecular weight excluding hydrogens is 293 g/mol. The van der Waals surface area contributed by atoms with Crippen molar-refractivity contribution in [2.24, 2.45) is 5.92 Å². The van der Waals surface area contributed by atoms with Gasteiger partial charge in [0.1, 0.15) is 0 Å². The first-order chi connectivity index (χ1) is 8.04. The first-order valence-electron chi connectivity index (χ1n) is 5.86. The van der Waals surface area contributed by atoms with E-state index in [0.29, 0.717) is 28.3 Å². The van der Waals surface area contributed by atoms with Crippen molar-refractivity contribution >= 4 is 35.6 Å². The molecule has 0 aliphatic heterocycles. The number of nitrogens with one attached hydrogen (secondary N) is 1. The van der Waals surface area contributed by atoms with E-state index in [9.17, 15) is 0 Å². The highest BCUT2D eigenvalue weighted by Gasteiger charge is 2.09. The Balaban J connectivity index is 0.00000289. The normalized spacial score (nSPS) is 10.3. The van der Waals surface area contributed by atoms with Gasteiger partial charge in [-0.2, -0.15) is 0 Å². The van der Waals surface area contributed by atoms with Crippen LogP contribution in [0.15, 0.2) is 12.1 Å². The third-order valence-electron chi connectivity index (χ3n) is 2.23. The number of hydrogen-bond donors (Lipinski definition) is 1. The standard InChI is InChI=1S/C13H19Cl2NO.ClH/c1-4-17-13-11(14)5-10(6-12(13)15)8-16-7-9(2)3;/h5-6,9,16H,4,7-8H2,1-3H3;1H. The van der Waals surface area contributed by atoms with Crippen LogP contribution in [-0.2, 0) is 6.54 Å². The molecule has 1 aromatic rings. The fourth-order valence-electron chi connectivity index (χ4n) is 1.50. The van der Waals surface area contributed by atoms with E-state index in [-0.39, 0.29) is 12.4 Å². The van der Waals surface area contributed by atoms with Gasteiger partial charge in [0.05, 0.1) is 16.7 Å². The van der Waals surface area contributed by atoms with Crippen LogP contribution < -0.4 is 10.1 Å². The van der Waals surface area contributed by atoms with Gasteiger partial charge in [-0.25, -0.2) is 0 Å². The van der Waals surface area contributed by atoms with Crippen molar-refractivity contribution in [3.05, 3.63) is 27.7 Å². The molecule has 0 saturated heterocycles. The summed E-state index contributed by atoms with van der Waals surface area (Å²) in [5.74, 6) is 1.20. The Morgan fingerprint density at radius 1 is 1.22 bits per heavy atom. The monoisotopic (exact) mass is 311 g/mol. The van der Waals surface area contributed by atoms with E-state index >= 15 is 0 Å². The summed E-state index contributed by atoms with van der Waals surface area (Å²) in [6.07, 6.45) is 0. The molecule has 18 heavy (non-hydrogen) atoms. The second-order valence-electron chi connectivity index (χ2n) is 4.35. The third kappa shape index (κ3) is 5.66. The molecule has 1 rings (SSSR count). The zero-order valence-electron chi connectivity index (χ0n) is 10.9. The van der Waals surface area contributed by atoms with Gasteiger partial charge in [0.2, 0.25) is 0 Å². The second-order valence-corrected chi connectivity index (χ2v) is 5.16. The van der Waals surface area contributed by atoms with Gasteiger partial charge in [0, 0.05) is 6.54 Å². The minimum Gasteiger partial charge on any atom is -0.491 e. The van der Waals surface area contributed by atoms with E-state index in [0.717, 1.165) is 18.7 Å². The Kier molecular flexibility index (Phi) is 8.79. The predicted octanol–water partition coefficient (Wildman–Crippen LogP) is 4.56. The summed E-state index contributed by atoms with van der Waals surface area (Å²) in [5.41, 5.74) is 1.07. The number of benzene rings is 1. The summed E-state index contributed by atoms with van der Waals surface area (Å²) < 4.78 is 5.38. The average molecular weight is 313 g/mol. The average Bonchev–Trinajstić information content (AvgIpc) is 2.23. The smallest absolute Gasteiger partial charge is 0.156 e. The number of hydrogen-bond acceptors (Lipinski definition) is 2. The predicted molar refractivity (Wildman–Crippen MR) is 81.4 cm³/mol. The van der Waals surface area contributed by atoms with Crippen LogP contribution in [0, 0.1) is 5.92 Å². The molecule has 0 atom stereocenters. The molecular formula is C13H20Cl3NO. The lowest BCUT2D eigenvalue weighted by Crippen LogP contribution is -2.18. The Morgan fingerprint density at radius 2 is 1.78 bits per heavy atom. The van der Waals surface area contributed by atoms with Crippen molar-refractivity contribution < 1.29 is 4.74 Å². The molecule has 0 radical (unpaired) electrons. The van der Waals surface area contributed by atoms with Crippen molar-refractivity contribution in [1.29, 1.82) is 0 Å². The Bertz CT molecular complexity index is 346. The summed E-state index contributed by atoms with van der Waals surface area (Å²) in [7, 11) is 0. The minimum absolute atomic E-state index is 0. The summed E-state index contributed by atoms with van der Waals surface area (Å²) >= 11 is 12.2. The largest absolute Gasteiger partial charge is 0.491 e. The summed E-state index contributed by atoms with van der Waals surface area (Å²) in [6.45, 7) is 8.55. The maximum Gasteiger partial charge on any atom is 0.156 e. The highest BCUT2D eigenvalue weighted by molar-refractivity contribution is 6.37. The van der Waals surface area contributed by atoms with Crippen LogP contribution in [-0.4, -0.2) is 13.2 Å². The summed E-state index contributed by atoms with van der Waals surface area (Å²) in [5, 5.41) is 4.49. The maximum absolute atomic E-state index is 6.12. The van der Waals surface area contributed by atoms with E-state index in [1.807, 2.05) is 19.1 Å². The minimum atomic E-state index is 0. The van der Waals surface area contributed by atoms with Crippen LogP contribution in [0.5, 0.6) is 5.75 Å². The maximum atomic E-state index is 6.12. The molecule has 1 N–H and O–H groups in total. The Hall–Kier alpha value is -0.150. The van der Waals surface area contributed by atoms with Crippen LogP contribution >= 0.6 is 35.6 Å². The van der Waals surface area contributed by atoms with Crippen LogP contribution in [0.1, 0.15) is 26.3 Å². The third-order valence-corrected chi connectivity index (χ3v) is 2.79. The van der Waals surface area contributed by atoms with Gasteiger partial charge in [-0.1, -0.05) is 37.0 Å². The molecule has 0 saturated carbocycles. The van der Waals surface area contributed by atoms with Gasteiger partial charge >= 0.3 is 0 Å². The van der Waals surface area contributed by atoms with Crippen molar-refractivity contribution in [1.82, 2.24) is 5.32 Å². The molecule has 0 bridgehead atoms. The van der Waals surface area contributed by atoms with E-state index in [1.165, 1.54) is 0 Å². The molecule has 104 valence electrons. The lowest BCUT2D eigenvalue weighted by atomic mass is 10.2. The Morgan fingerprint density at radius 3 is 2.22 bits per heavy atom. The first-order valence-corrected chi connectivity index (χ1v) is 6.61. The lowest BCUT2D eigenvalue weighted by molar-refractivity contribution is 0.340. The topological polar surface area (TPSA) is 21.3 Å². The highest BCUT2D eigenvalue weighted by Crippen LogP contribution is 2.34. The van der Waals surface area contributed by atoms with Gasteiger partial charge in [-0.05, 0) is 37.1 Å². The van der Waals surface area contributed by atoms with E-state index in [1.54, 1.807) is 0 Å². The molecule has 0 aromatic heterocycles. The molecule has 0 heterocycles. The van der Waals surface area contributed by atoms with E-state index < -0.39 is 0 Å². The Labute approximate surface area is 125 Å². The van der Waals surface area contributed by atoms with Crippen molar-refractivity contribution in [2.75, 3.05) is 13.2 Å². The van der Waals surface area contributed by atoms with Crippen LogP contribution in [0.3, 0.4) is 0 Å².